The zero-order valence-corrected chi connectivity index (χ0v) is 14.2. The summed E-state index contributed by atoms with van der Waals surface area (Å²) in [7, 11) is -11.3. The SMILES string of the molecule is Cc1ccc2c(c1)S(OS(=O)(=O)C(F)(F)F)(C(F)(F)F)C(C1CC1)=C2. The minimum atomic E-state index is -6.44. The van der Waals surface area contributed by atoms with Gasteiger partial charge in [-0.3, -0.25) is 0 Å². The highest BCUT2D eigenvalue weighted by molar-refractivity contribution is 8.37. The van der Waals surface area contributed by atoms with Gasteiger partial charge < -0.3 is 0 Å². The number of benzene rings is 1. The molecule has 1 aromatic rings. The Labute approximate surface area is 141 Å². The first-order chi connectivity index (χ1) is 11.3. The minimum absolute atomic E-state index is 0.0391. The summed E-state index contributed by atoms with van der Waals surface area (Å²) in [6.07, 6.45) is 1.82. The van der Waals surface area contributed by atoms with Crippen molar-refractivity contribution in [3.63, 3.8) is 0 Å². The minimum Gasteiger partial charge on any atom is -0.196 e. The summed E-state index contributed by atoms with van der Waals surface area (Å²) in [5, 5.41) is 0. The summed E-state index contributed by atoms with van der Waals surface area (Å²) < 4.78 is 107. The van der Waals surface area contributed by atoms with Crippen molar-refractivity contribution in [2.24, 2.45) is 5.92 Å². The van der Waals surface area contributed by atoms with Crippen molar-refractivity contribution in [3.8, 4) is 0 Å². The van der Waals surface area contributed by atoms with E-state index in [9.17, 15) is 34.8 Å². The molecule has 1 aliphatic heterocycles. The lowest BCUT2D eigenvalue weighted by molar-refractivity contribution is -0.0546. The Morgan fingerprint density at radius 2 is 1.72 bits per heavy atom. The molecule has 0 N–H and O–H groups in total. The van der Waals surface area contributed by atoms with Crippen LogP contribution in [0.25, 0.3) is 6.08 Å². The van der Waals surface area contributed by atoms with Gasteiger partial charge in [-0.2, -0.15) is 38.4 Å². The summed E-state index contributed by atoms with van der Waals surface area (Å²) >= 11 is 0. The number of rotatable bonds is 3. The van der Waals surface area contributed by atoms with Crippen LogP contribution in [-0.2, 0) is 13.7 Å². The van der Waals surface area contributed by atoms with E-state index in [1.54, 1.807) is 0 Å². The van der Waals surface area contributed by atoms with Crippen molar-refractivity contribution >= 4 is 26.5 Å². The van der Waals surface area contributed by atoms with E-state index < -0.39 is 47.2 Å². The molecule has 0 saturated heterocycles. The lowest BCUT2D eigenvalue weighted by Gasteiger charge is -2.39. The summed E-state index contributed by atoms with van der Waals surface area (Å²) in [6, 6.07) is 3.89. The molecule has 3 nitrogen and oxygen atoms in total. The smallest absolute Gasteiger partial charge is 0.196 e. The maximum absolute atomic E-state index is 14.0. The topological polar surface area (TPSA) is 43.4 Å². The number of aryl methyl sites for hydroxylation is 1. The second-order valence-electron chi connectivity index (χ2n) is 5.83. The van der Waals surface area contributed by atoms with Crippen molar-refractivity contribution in [1.82, 2.24) is 0 Å². The summed E-state index contributed by atoms with van der Waals surface area (Å²) in [5.41, 5.74) is -10.9. The van der Waals surface area contributed by atoms with E-state index in [1.165, 1.54) is 19.1 Å². The number of allylic oxidation sites excluding steroid dienone is 1. The highest BCUT2D eigenvalue weighted by atomic mass is 32.3. The fourth-order valence-electron chi connectivity index (χ4n) is 2.64. The largest absolute Gasteiger partial charge is 0.523 e. The van der Waals surface area contributed by atoms with Gasteiger partial charge in [0.15, 0.2) is 0 Å². The van der Waals surface area contributed by atoms with E-state index in [0.717, 1.165) is 12.1 Å². The average Bonchev–Trinajstić information content (AvgIpc) is 3.21. The number of hydrogen-bond donors (Lipinski definition) is 0. The molecule has 1 aromatic carbocycles. The van der Waals surface area contributed by atoms with E-state index in [2.05, 4.69) is 3.63 Å². The van der Waals surface area contributed by atoms with Gasteiger partial charge in [0.2, 0.25) is 0 Å². The molecule has 140 valence electrons. The van der Waals surface area contributed by atoms with E-state index in [0.29, 0.717) is 18.4 Å². The van der Waals surface area contributed by atoms with Gasteiger partial charge in [0.05, 0.1) is 0 Å². The summed E-state index contributed by atoms with van der Waals surface area (Å²) in [4.78, 5) is -0.955. The van der Waals surface area contributed by atoms with Crippen LogP contribution in [0, 0.1) is 12.8 Å². The Balaban J connectivity index is 2.28. The quantitative estimate of drug-likeness (QED) is 0.510. The lowest BCUT2D eigenvalue weighted by Crippen LogP contribution is -2.32. The third kappa shape index (κ3) is 2.85. The summed E-state index contributed by atoms with van der Waals surface area (Å²) in [6.45, 7) is 1.47. The molecule has 1 unspecified atom stereocenters. The molecule has 1 aliphatic carbocycles. The van der Waals surface area contributed by atoms with Crippen LogP contribution < -0.4 is 0 Å². The van der Waals surface area contributed by atoms with Gasteiger partial charge in [-0.15, -0.1) is 0 Å². The molecule has 0 amide bonds. The van der Waals surface area contributed by atoms with Crippen molar-refractivity contribution in [2.75, 3.05) is 0 Å². The van der Waals surface area contributed by atoms with Crippen LogP contribution in [0.15, 0.2) is 28.0 Å². The Kier molecular flexibility index (Phi) is 4.01. The van der Waals surface area contributed by atoms with Crippen LogP contribution in [0.2, 0.25) is 0 Å². The molecule has 1 saturated carbocycles. The second-order valence-corrected chi connectivity index (χ2v) is 10.2. The number of alkyl halides is 6. The Hall–Kier alpha value is -1.20. The number of fused-ring (bicyclic) bond motifs is 1. The molecule has 0 aromatic heterocycles. The van der Waals surface area contributed by atoms with Crippen molar-refractivity contribution in [3.05, 3.63) is 34.2 Å². The van der Waals surface area contributed by atoms with Crippen LogP contribution in [-0.4, -0.2) is 19.4 Å². The van der Waals surface area contributed by atoms with Crippen molar-refractivity contribution in [2.45, 2.75) is 35.7 Å². The molecule has 1 heterocycles. The Morgan fingerprint density at radius 3 is 2.20 bits per heavy atom. The van der Waals surface area contributed by atoms with Crippen molar-refractivity contribution in [1.29, 1.82) is 0 Å². The molecule has 0 bridgehead atoms. The maximum atomic E-state index is 14.0. The highest BCUT2D eigenvalue weighted by Crippen LogP contribution is 2.81. The van der Waals surface area contributed by atoms with Crippen LogP contribution in [0.3, 0.4) is 0 Å². The number of hydrogen-bond acceptors (Lipinski definition) is 3. The third-order valence-electron chi connectivity index (χ3n) is 3.89. The molecule has 25 heavy (non-hydrogen) atoms. The fraction of sp³-hybridized carbons (Fsp3) is 0.429. The zero-order chi connectivity index (χ0) is 18.8. The van der Waals surface area contributed by atoms with Crippen LogP contribution in [0.5, 0.6) is 0 Å². The van der Waals surface area contributed by atoms with Gasteiger partial charge in [0, 0.05) is 20.1 Å². The van der Waals surface area contributed by atoms with Gasteiger partial charge in [-0.25, -0.2) is 0 Å². The monoisotopic (exact) mass is 406 g/mol. The third-order valence-corrected chi connectivity index (χ3v) is 8.73. The molecule has 11 heteroatoms. The van der Waals surface area contributed by atoms with E-state index in [4.69, 9.17) is 0 Å². The Bertz CT molecular complexity index is 852. The van der Waals surface area contributed by atoms with Gasteiger partial charge >= 0.3 is 21.1 Å². The molecule has 1 atom stereocenters. The van der Waals surface area contributed by atoms with Gasteiger partial charge in [-0.05, 0) is 49.0 Å². The first-order valence-corrected chi connectivity index (χ1v) is 10.0. The molecule has 2 aliphatic rings. The van der Waals surface area contributed by atoms with E-state index >= 15 is 0 Å². The average molecular weight is 406 g/mol. The molecular formula is C14H12F6O3S2. The molecule has 3 rings (SSSR count). The first-order valence-electron chi connectivity index (χ1n) is 7.04. The molecule has 0 radical (unpaired) electrons. The predicted molar refractivity (Wildman–Crippen MR) is 79.9 cm³/mol. The van der Waals surface area contributed by atoms with Gasteiger partial charge in [0.25, 0.3) is 0 Å². The standard InChI is InChI=1S/C14H12F6O3S2/c1-8-2-3-10-7-12(9-4-5-9)24(11(10)6-8,13(15,16)17)23-25(21,22)14(18,19)20/h2-3,6-7,9H,4-5H2,1H3. The first kappa shape index (κ1) is 18.6. The van der Waals surface area contributed by atoms with Crippen LogP contribution in [0.1, 0.15) is 24.0 Å². The van der Waals surface area contributed by atoms with Gasteiger partial charge in [0.1, 0.15) is 0 Å². The summed E-state index contributed by atoms with van der Waals surface area (Å²) in [5.74, 6) is -0.632. The maximum Gasteiger partial charge on any atom is 0.523 e. The van der Waals surface area contributed by atoms with Crippen LogP contribution >= 0.6 is 10.3 Å². The van der Waals surface area contributed by atoms with E-state index in [1.807, 2.05) is 0 Å². The second kappa shape index (κ2) is 5.40. The zero-order valence-electron chi connectivity index (χ0n) is 12.6. The predicted octanol–water partition coefficient (Wildman–Crippen LogP) is 5.22. The fourth-order valence-corrected chi connectivity index (χ4v) is 7.52. The van der Waals surface area contributed by atoms with Crippen molar-refractivity contribution < 1.29 is 38.4 Å². The molecule has 0 spiro atoms. The normalized spacial score (nSPS) is 26.8. The lowest BCUT2D eigenvalue weighted by atomic mass is 10.1. The van der Waals surface area contributed by atoms with E-state index in [-0.39, 0.29) is 5.56 Å². The Morgan fingerprint density at radius 1 is 1.12 bits per heavy atom. The highest BCUT2D eigenvalue weighted by Gasteiger charge is 2.65. The molecular weight excluding hydrogens is 394 g/mol. The molecule has 1 fully saturated rings. The van der Waals surface area contributed by atoms with Gasteiger partial charge in [-0.1, -0.05) is 12.1 Å². The van der Waals surface area contributed by atoms with Crippen LogP contribution in [0.4, 0.5) is 26.3 Å². The number of halogens is 6.